The van der Waals surface area contributed by atoms with Gasteiger partial charge >= 0.3 is 0 Å². The van der Waals surface area contributed by atoms with Crippen LogP contribution in [0, 0.1) is 11.8 Å². The highest BCUT2D eigenvalue weighted by molar-refractivity contribution is 5.93. The van der Waals surface area contributed by atoms with Crippen LogP contribution in [0.5, 0.6) is 0 Å². The highest BCUT2D eigenvalue weighted by Crippen LogP contribution is 2.40. The summed E-state index contributed by atoms with van der Waals surface area (Å²) in [6.07, 6.45) is 2.99. The van der Waals surface area contributed by atoms with Gasteiger partial charge in [0.15, 0.2) is 5.76 Å². The van der Waals surface area contributed by atoms with Crippen LogP contribution in [0.15, 0.2) is 22.8 Å². The van der Waals surface area contributed by atoms with Crippen molar-refractivity contribution in [3.63, 3.8) is 0 Å². The Hall–Kier alpha value is -2.31. The molecule has 3 unspecified atom stereocenters. The van der Waals surface area contributed by atoms with Crippen molar-refractivity contribution in [3.8, 4) is 0 Å². The maximum absolute atomic E-state index is 12.6. The second-order valence-corrected chi connectivity index (χ2v) is 6.86. The largest absolute Gasteiger partial charge is 0.459 e. The Morgan fingerprint density at radius 1 is 1.20 bits per heavy atom. The lowest BCUT2D eigenvalue weighted by Crippen LogP contribution is -2.51. The average molecular weight is 347 g/mol. The van der Waals surface area contributed by atoms with Gasteiger partial charge in [-0.25, -0.2) is 0 Å². The van der Waals surface area contributed by atoms with Crippen molar-refractivity contribution in [2.75, 3.05) is 26.2 Å². The topological polar surface area (TPSA) is 82.9 Å². The first-order valence-electron chi connectivity index (χ1n) is 8.93. The van der Waals surface area contributed by atoms with E-state index in [0.717, 1.165) is 6.42 Å². The van der Waals surface area contributed by atoms with E-state index in [1.54, 1.807) is 21.9 Å². The van der Waals surface area contributed by atoms with Gasteiger partial charge < -0.3 is 19.5 Å². The van der Waals surface area contributed by atoms with Crippen molar-refractivity contribution in [1.82, 2.24) is 15.1 Å². The van der Waals surface area contributed by atoms with Crippen LogP contribution in [0.2, 0.25) is 0 Å². The summed E-state index contributed by atoms with van der Waals surface area (Å²) in [4.78, 5) is 40.4. The number of hydrogen-bond donors (Lipinski definition) is 1. The third-order valence-electron chi connectivity index (χ3n) is 5.06. The molecule has 1 N–H and O–H groups in total. The minimum Gasteiger partial charge on any atom is -0.459 e. The summed E-state index contributed by atoms with van der Waals surface area (Å²) in [5, 5.41) is 2.94. The maximum atomic E-state index is 12.6. The molecule has 0 aromatic carbocycles. The van der Waals surface area contributed by atoms with Crippen LogP contribution in [0.3, 0.4) is 0 Å². The third kappa shape index (κ3) is 3.86. The lowest BCUT2D eigenvalue weighted by atomic mass is 10.2. The van der Waals surface area contributed by atoms with Crippen LogP contribution >= 0.6 is 0 Å². The smallest absolute Gasteiger partial charge is 0.289 e. The van der Waals surface area contributed by atoms with Crippen LogP contribution in [-0.2, 0) is 9.59 Å². The van der Waals surface area contributed by atoms with E-state index in [1.165, 1.54) is 6.26 Å². The van der Waals surface area contributed by atoms with Gasteiger partial charge in [0.2, 0.25) is 11.8 Å². The molecule has 1 saturated carbocycles. The minimum atomic E-state index is -0.198. The molecule has 0 radical (unpaired) electrons. The number of nitrogens with zero attached hydrogens (tertiary/aromatic N) is 2. The fraction of sp³-hybridized carbons (Fsp3) is 0.611. The monoisotopic (exact) mass is 347 g/mol. The van der Waals surface area contributed by atoms with E-state index < -0.39 is 0 Å². The molecule has 2 fully saturated rings. The molecule has 25 heavy (non-hydrogen) atoms. The zero-order chi connectivity index (χ0) is 18.0. The Balaban J connectivity index is 1.46. The molecule has 1 aliphatic heterocycles. The van der Waals surface area contributed by atoms with E-state index in [-0.39, 0.29) is 35.6 Å². The zero-order valence-corrected chi connectivity index (χ0v) is 14.7. The summed E-state index contributed by atoms with van der Waals surface area (Å²) in [7, 11) is 0. The predicted octanol–water partition coefficient (Wildman–Crippen LogP) is 1.11. The van der Waals surface area contributed by atoms with Gasteiger partial charge in [0.25, 0.3) is 5.91 Å². The number of nitrogens with one attached hydrogen (secondary N) is 1. The zero-order valence-electron chi connectivity index (χ0n) is 14.7. The molecule has 1 saturated heterocycles. The lowest BCUT2D eigenvalue weighted by molar-refractivity contribution is -0.136. The predicted molar refractivity (Wildman–Crippen MR) is 90.7 cm³/mol. The van der Waals surface area contributed by atoms with Gasteiger partial charge in [-0.15, -0.1) is 0 Å². The number of amides is 3. The third-order valence-corrected chi connectivity index (χ3v) is 5.06. The van der Waals surface area contributed by atoms with Crippen molar-refractivity contribution >= 4 is 17.7 Å². The molecule has 2 heterocycles. The molecule has 136 valence electrons. The minimum absolute atomic E-state index is 0.0145. The number of piperazine rings is 1. The number of rotatable bonds is 5. The highest BCUT2D eigenvalue weighted by Gasteiger charge is 2.49. The molecule has 2 aliphatic rings. The van der Waals surface area contributed by atoms with E-state index in [0.29, 0.717) is 38.4 Å². The highest BCUT2D eigenvalue weighted by atomic mass is 16.3. The number of carbonyl (C=O) groups is 3. The normalized spacial score (nSPS) is 23.9. The molecule has 1 aromatic rings. The number of hydrogen-bond acceptors (Lipinski definition) is 4. The molecule has 3 amide bonds. The second-order valence-electron chi connectivity index (χ2n) is 6.86. The Kier molecular flexibility index (Phi) is 5.11. The van der Waals surface area contributed by atoms with E-state index in [9.17, 15) is 14.4 Å². The van der Waals surface area contributed by atoms with Gasteiger partial charge in [0.1, 0.15) is 0 Å². The first-order chi connectivity index (χ1) is 12.0. The summed E-state index contributed by atoms with van der Waals surface area (Å²) in [6.45, 7) is 5.96. The number of furan rings is 1. The van der Waals surface area contributed by atoms with Gasteiger partial charge in [-0.05, 0) is 31.9 Å². The van der Waals surface area contributed by atoms with Crippen LogP contribution in [-0.4, -0.2) is 59.7 Å². The summed E-state index contributed by atoms with van der Waals surface area (Å²) >= 11 is 0. The van der Waals surface area contributed by atoms with Crippen LogP contribution in [0.1, 0.15) is 37.2 Å². The van der Waals surface area contributed by atoms with Crippen molar-refractivity contribution in [2.45, 2.75) is 32.7 Å². The van der Waals surface area contributed by atoms with Crippen LogP contribution in [0.4, 0.5) is 0 Å². The Morgan fingerprint density at radius 2 is 1.88 bits per heavy atom. The maximum Gasteiger partial charge on any atom is 0.289 e. The van der Waals surface area contributed by atoms with Crippen molar-refractivity contribution in [3.05, 3.63) is 24.2 Å². The molecule has 7 nitrogen and oxygen atoms in total. The standard InChI is InChI=1S/C18H25N3O4/c1-3-12(2)19-16(22)13-11-14(13)17(23)20-6-8-21(9-7-20)18(24)15-5-4-10-25-15/h4-5,10,12-14H,3,6-9,11H2,1-2H3,(H,19,22). The van der Waals surface area contributed by atoms with E-state index in [1.807, 2.05) is 13.8 Å². The number of carbonyl (C=O) groups excluding carboxylic acids is 3. The Labute approximate surface area is 147 Å². The molecular weight excluding hydrogens is 322 g/mol. The molecule has 0 spiro atoms. The molecular formula is C18H25N3O4. The fourth-order valence-corrected chi connectivity index (χ4v) is 3.13. The molecule has 3 rings (SSSR count). The first-order valence-corrected chi connectivity index (χ1v) is 8.93. The van der Waals surface area contributed by atoms with Gasteiger partial charge in [-0.3, -0.25) is 14.4 Å². The summed E-state index contributed by atoms with van der Waals surface area (Å²) in [5.41, 5.74) is 0. The van der Waals surface area contributed by atoms with E-state index >= 15 is 0 Å². The summed E-state index contributed by atoms with van der Waals surface area (Å²) in [5.74, 6) is -0.188. The fourth-order valence-electron chi connectivity index (χ4n) is 3.13. The molecule has 1 aliphatic carbocycles. The van der Waals surface area contributed by atoms with Gasteiger partial charge in [-0.2, -0.15) is 0 Å². The molecule has 1 aromatic heterocycles. The van der Waals surface area contributed by atoms with Crippen LogP contribution < -0.4 is 5.32 Å². The van der Waals surface area contributed by atoms with Crippen molar-refractivity contribution in [1.29, 1.82) is 0 Å². The van der Waals surface area contributed by atoms with Gasteiger partial charge in [0.05, 0.1) is 18.1 Å². The molecule has 3 atom stereocenters. The molecule has 7 heteroatoms. The van der Waals surface area contributed by atoms with E-state index in [2.05, 4.69) is 5.32 Å². The quantitative estimate of drug-likeness (QED) is 0.865. The Bertz CT molecular complexity index is 635. The van der Waals surface area contributed by atoms with E-state index in [4.69, 9.17) is 4.42 Å². The first kappa shape index (κ1) is 17.5. The van der Waals surface area contributed by atoms with Crippen molar-refractivity contribution in [2.24, 2.45) is 11.8 Å². The van der Waals surface area contributed by atoms with Gasteiger partial charge in [-0.1, -0.05) is 6.92 Å². The second kappa shape index (κ2) is 7.29. The van der Waals surface area contributed by atoms with Crippen LogP contribution in [0.25, 0.3) is 0 Å². The summed E-state index contributed by atoms with van der Waals surface area (Å²) in [6, 6.07) is 3.47. The molecule has 0 bridgehead atoms. The van der Waals surface area contributed by atoms with Crippen molar-refractivity contribution < 1.29 is 18.8 Å². The summed E-state index contributed by atoms with van der Waals surface area (Å²) < 4.78 is 5.14. The lowest BCUT2D eigenvalue weighted by Gasteiger charge is -2.34. The van der Waals surface area contributed by atoms with Gasteiger partial charge in [0, 0.05) is 32.2 Å². The average Bonchev–Trinajstić information content (AvgIpc) is 3.25. The Morgan fingerprint density at radius 3 is 2.48 bits per heavy atom. The SMILES string of the molecule is CCC(C)NC(=O)C1CC1C(=O)N1CCN(C(=O)c2ccco2)CC1.